The molecule has 1 aromatic rings. The van der Waals surface area contributed by atoms with Crippen molar-refractivity contribution in [2.24, 2.45) is 5.73 Å². The molecule has 2 N–H and O–H groups in total. The van der Waals surface area contributed by atoms with Gasteiger partial charge in [0.1, 0.15) is 5.82 Å². The minimum atomic E-state index is -0.407. The van der Waals surface area contributed by atoms with Crippen LogP contribution in [-0.4, -0.2) is 37.2 Å². The van der Waals surface area contributed by atoms with E-state index in [1.54, 1.807) is 6.07 Å². The summed E-state index contributed by atoms with van der Waals surface area (Å²) in [5.74, 6) is -0.220. The predicted molar refractivity (Wildman–Crippen MR) is 74.7 cm³/mol. The smallest absolute Gasteiger partial charge is 0.128 e. The van der Waals surface area contributed by atoms with Crippen LogP contribution in [0.2, 0.25) is 0 Å². The maximum atomic E-state index is 14.1. The predicted octanol–water partition coefficient (Wildman–Crippen LogP) is 2.16. The van der Waals surface area contributed by atoms with Crippen LogP contribution in [0.4, 0.5) is 4.39 Å². The van der Waals surface area contributed by atoms with Crippen molar-refractivity contribution in [1.82, 2.24) is 4.90 Å². The quantitative estimate of drug-likeness (QED) is 0.911. The molecule has 2 rings (SSSR count). The number of hydrogen-bond donors (Lipinski definition) is 1. The van der Waals surface area contributed by atoms with Crippen molar-refractivity contribution in [3.63, 3.8) is 0 Å². The van der Waals surface area contributed by atoms with Crippen LogP contribution < -0.4 is 5.73 Å². The van der Waals surface area contributed by atoms with Crippen molar-refractivity contribution in [2.75, 3.05) is 26.2 Å². The lowest BCUT2D eigenvalue weighted by molar-refractivity contribution is -0.0398. The molecule has 1 aliphatic rings. The molecule has 0 aromatic heterocycles. The Balaban J connectivity index is 2.21. The largest absolute Gasteiger partial charge is 0.374 e. The Labute approximate surface area is 114 Å². The van der Waals surface area contributed by atoms with Gasteiger partial charge in [0.25, 0.3) is 0 Å². The lowest BCUT2D eigenvalue weighted by Crippen LogP contribution is -2.47. The molecule has 4 heteroatoms. The maximum Gasteiger partial charge on any atom is 0.128 e. The molecule has 106 valence electrons. The van der Waals surface area contributed by atoms with Gasteiger partial charge < -0.3 is 10.5 Å². The Morgan fingerprint density at radius 1 is 1.47 bits per heavy atom. The zero-order valence-corrected chi connectivity index (χ0v) is 11.9. The molecule has 1 saturated heterocycles. The second kappa shape index (κ2) is 5.99. The van der Waals surface area contributed by atoms with Crippen LogP contribution in [0.15, 0.2) is 12.1 Å². The molecule has 0 amide bonds. The average Bonchev–Trinajstić information content (AvgIpc) is 2.37. The Morgan fingerprint density at radius 2 is 2.21 bits per heavy atom. The van der Waals surface area contributed by atoms with Crippen LogP contribution in [0, 0.1) is 19.7 Å². The first-order chi connectivity index (χ1) is 9.02. The van der Waals surface area contributed by atoms with E-state index in [9.17, 15) is 4.39 Å². The molecule has 1 heterocycles. The van der Waals surface area contributed by atoms with Gasteiger partial charge in [0.15, 0.2) is 0 Å². The maximum absolute atomic E-state index is 14.1. The summed E-state index contributed by atoms with van der Waals surface area (Å²) in [4.78, 5) is 2.29. The fraction of sp³-hybridized carbons (Fsp3) is 0.600. The molecule has 19 heavy (non-hydrogen) atoms. The summed E-state index contributed by atoms with van der Waals surface area (Å²) in [5.41, 5.74) is 8.66. The Hall–Kier alpha value is -0.970. The number of benzene rings is 1. The third kappa shape index (κ3) is 3.14. The zero-order chi connectivity index (χ0) is 14.0. The van der Waals surface area contributed by atoms with Crippen molar-refractivity contribution in [3.8, 4) is 0 Å². The SMILES string of the molecule is CCN1CCOC(C(N)c2c(C)cc(C)cc2F)C1. The van der Waals surface area contributed by atoms with Gasteiger partial charge in [-0.15, -0.1) is 0 Å². The third-order valence-electron chi connectivity index (χ3n) is 3.84. The van der Waals surface area contributed by atoms with Crippen LogP contribution in [0.25, 0.3) is 0 Å². The zero-order valence-electron chi connectivity index (χ0n) is 11.9. The van der Waals surface area contributed by atoms with Gasteiger partial charge in [-0.3, -0.25) is 4.90 Å². The minimum absolute atomic E-state index is 0.135. The molecule has 3 nitrogen and oxygen atoms in total. The lowest BCUT2D eigenvalue weighted by atomic mass is 9.94. The summed E-state index contributed by atoms with van der Waals surface area (Å²) >= 11 is 0. The summed E-state index contributed by atoms with van der Waals surface area (Å²) in [7, 11) is 0. The molecular weight excluding hydrogens is 243 g/mol. The fourth-order valence-corrected chi connectivity index (χ4v) is 2.77. The van der Waals surface area contributed by atoms with E-state index >= 15 is 0 Å². The first kappa shape index (κ1) is 14.4. The molecule has 2 unspecified atom stereocenters. The molecule has 1 fully saturated rings. The number of ether oxygens (including phenoxy) is 1. The summed E-state index contributed by atoms with van der Waals surface area (Å²) in [6.45, 7) is 9.25. The molecule has 0 aliphatic carbocycles. The molecule has 0 spiro atoms. The number of aryl methyl sites for hydroxylation is 2. The number of halogens is 1. The molecule has 0 saturated carbocycles. The monoisotopic (exact) mass is 266 g/mol. The van der Waals surface area contributed by atoms with Crippen LogP contribution in [-0.2, 0) is 4.74 Å². The Kier molecular flexibility index (Phi) is 4.55. The summed E-state index contributed by atoms with van der Waals surface area (Å²) in [5, 5.41) is 0. The first-order valence-corrected chi connectivity index (χ1v) is 6.89. The normalized spacial score (nSPS) is 22.5. The van der Waals surface area contributed by atoms with Crippen molar-refractivity contribution < 1.29 is 9.13 Å². The lowest BCUT2D eigenvalue weighted by Gasteiger charge is -2.35. The number of hydrogen-bond acceptors (Lipinski definition) is 3. The van der Waals surface area contributed by atoms with Crippen LogP contribution in [0.5, 0.6) is 0 Å². The van der Waals surface area contributed by atoms with Crippen molar-refractivity contribution in [1.29, 1.82) is 0 Å². The van der Waals surface area contributed by atoms with Gasteiger partial charge in [-0.2, -0.15) is 0 Å². The second-order valence-electron chi connectivity index (χ2n) is 5.31. The topological polar surface area (TPSA) is 38.5 Å². The molecule has 0 radical (unpaired) electrons. The second-order valence-corrected chi connectivity index (χ2v) is 5.31. The summed E-state index contributed by atoms with van der Waals surface area (Å²) in [6.07, 6.45) is -0.135. The van der Waals surface area contributed by atoms with Crippen LogP contribution >= 0.6 is 0 Å². The number of likely N-dealkylation sites (N-methyl/N-ethyl adjacent to an activating group) is 1. The van der Waals surface area contributed by atoms with Gasteiger partial charge >= 0.3 is 0 Å². The van der Waals surface area contributed by atoms with Gasteiger partial charge in [0.2, 0.25) is 0 Å². The van der Waals surface area contributed by atoms with Crippen molar-refractivity contribution in [3.05, 3.63) is 34.6 Å². The van der Waals surface area contributed by atoms with E-state index in [1.165, 1.54) is 0 Å². The van der Waals surface area contributed by atoms with Crippen LogP contribution in [0.3, 0.4) is 0 Å². The van der Waals surface area contributed by atoms with Crippen LogP contribution in [0.1, 0.15) is 29.7 Å². The highest BCUT2D eigenvalue weighted by atomic mass is 19.1. The fourth-order valence-electron chi connectivity index (χ4n) is 2.77. The average molecular weight is 266 g/mol. The van der Waals surface area contributed by atoms with Crippen molar-refractivity contribution in [2.45, 2.75) is 32.9 Å². The molecular formula is C15H23FN2O. The number of nitrogens with two attached hydrogens (primary N) is 1. The van der Waals surface area contributed by atoms with Gasteiger partial charge in [-0.1, -0.05) is 13.0 Å². The number of morpholine rings is 1. The van der Waals surface area contributed by atoms with E-state index < -0.39 is 6.04 Å². The molecule has 0 bridgehead atoms. The highest BCUT2D eigenvalue weighted by molar-refractivity contribution is 5.35. The van der Waals surface area contributed by atoms with E-state index in [1.807, 2.05) is 19.9 Å². The first-order valence-electron chi connectivity index (χ1n) is 6.89. The third-order valence-corrected chi connectivity index (χ3v) is 3.84. The van der Waals surface area contributed by atoms with Gasteiger partial charge in [-0.25, -0.2) is 4.39 Å². The minimum Gasteiger partial charge on any atom is -0.374 e. The highest BCUT2D eigenvalue weighted by Gasteiger charge is 2.28. The van der Waals surface area contributed by atoms with E-state index in [0.717, 1.165) is 30.8 Å². The van der Waals surface area contributed by atoms with Gasteiger partial charge in [0, 0.05) is 18.7 Å². The van der Waals surface area contributed by atoms with E-state index in [2.05, 4.69) is 11.8 Å². The highest BCUT2D eigenvalue weighted by Crippen LogP contribution is 2.26. The van der Waals surface area contributed by atoms with E-state index in [4.69, 9.17) is 10.5 Å². The standard InChI is InChI=1S/C15H23FN2O/c1-4-18-5-6-19-13(9-18)15(17)14-11(3)7-10(2)8-12(14)16/h7-8,13,15H,4-6,9,17H2,1-3H3. The van der Waals surface area contributed by atoms with Gasteiger partial charge in [0.05, 0.1) is 18.8 Å². The molecule has 1 aromatic carbocycles. The van der Waals surface area contributed by atoms with Crippen molar-refractivity contribution >= 4 is 0 Å². The summed E-state index contributed by atoms with van der Waals surface area (Å²) in [6, 6.07) is 3.11. The number of rotatable bonds is 3. The summed E-state index contributed by atoms with van der Waals surface area (Å²) < 4.78 is 19.9. The van der Waals surface area contributed by atoms with E-state index in [0.29, 0.717) is 12.2 Å². The Morgan fingerprint density at radius 3 is 2.84 bits per heavy atom. The van der Waals surface area contributed by atoms with E-state index in [-0.39, 0.29) is 11.9 Å². The van der Waals surface area contributed by atoms with Gasteiger partial charge in [-0.05, 0) is 37.6 Å². The molecule has 1 aliphatic heterocycles. The number of nitrogens with zero attached hydrogens (tertiary/aromatic N) is 1. The molecule has 2 atom stereocenters. The Bertz CT molecular complexity index is 427.